The van der Waals surface area contributed by atoms with Crippen molar-refractivity contribution in [1.29, 1.82) is 0 Å². The van der Waals surface area contributed by atoms with E-state index in [1.165, 1.54) is 0 Å². The Morgan fingerprint density at radius 1 is 1.11 bits per heavy atom. The summed E-state index contributed by atoms with van der Waals surface area (Å²) in [4.78, 5) is 4.36. The zero-order valence-corrected chi connectivity index (χ0v) is 10.6. The van der Waals surface area contributed by atoms with Crippen LogP contribution < -0.4 is 5.73 Å². The molecular weight excluding hydrogens is 246 g/mol. The second-order valence-corrected chi connectivity index (χ2v) is 4.59. The SMILES string of the molecule is Cc1c(Cl)cccc1-n1c(N)nc2ccccc21. The van der Waals surface area contributed by atoms with Gasteiger partial charge >= 0.3 is 0 Å². The summed E-state index contributed by atoms with van der Waals surface area (Å²) in [5.74, 6) is 0.474. The second-order valence-electron chi connectivity index (χ2n) is 4.18. The molecule has 90 valence electrons. The molecule has 18 heavy (non-hydrogen) atoms. The van der Waals surface area contributed by atoms with Crippen LogP contribution in [0.25, 0.3) is 16.7 Å². The lowest BCUT2D eigenvalue weighted by Crippen LogP contribution is -2.02. The smallest absolute Gasteiger partial charge is 0.205 e. The molecule has 0 spiro atoms. The van der Waals surface area contributed by atoms with Crippen molar-refractivity contribution in [3.05, 3.63) is 53.1 Å². The molecule has 0 radical (unpaired) electrons. The first-order valence-corrected chi connectivity index (χ1v) is 6.05. The molecule has 3 rings (SSSR count). The summed E-state index contributed by atoms with van der Waals surface area (Å²) in [5.41, 5.74) is 9.84. The number of anilines is 1. The Labute approximate surface area is 110 Å². The van der Waals surface area contributed by atoms with E-state index in [2.05, 4.69) is 4.98 Å². The molecule has 0 unspecified atom stereocenters. The summed E-state index contributed by atoms with van der Waals surface area (Å²) in [6.45, 7) is 1.98. The van der Waals surface area contributed by atoms with Gasteiger partial charge in [-0.2, -0.15) is 0 Å². The Bertz CT molecular complexity index is 731. The normalized spacial score (nSPS) is 11.0. The lowest BCUT2D eigenvalue weighted by molar-refractivity contribution is 1.09. The third-order valence-electron chi connectivity index (χ3n) is 3.07. The Hall–Kier alpha value is -2.00. The molecule has 0 amide bonds. The molecule has 3 aromatic rings. The van der Waals surface area contributed by atoms with Crippen LogP contribution in [0.15, 0.2) is 42.5 Å². The number of para-hydroxylation sites is 2. The van der Waals surface area contributed by atoms with E-state index in [4.69, 9.17) is 17.3 Å². The number of rotatable bonds is 1. The van der Waals surface area contributed by atoms with E-state index in [0.717, 1.165) is 27.3 Å². The summed E-state index contributed by atoms with van der Waals surface area (Å²) < 4.78 is 1.93. The standard InChI is InChI=1S/C14H12ClN3/c1-9-10(15)5-4-8-12(9)18-13-7-3-2-6-11(13)17-14(18)16/h2-8H,1H3,(H2,16,17). The monoisotopic (exact) mass is 257 g/mol. The number of nitrogens with zero attached hydrogens (tertiary/aromatic N) is 2. The first-order valence-electron chi connectivity index (χ1n) is 5.67. The van der Waals surface area contributed by atoms with E-state index in [0.29, 0.717) is 5.95 Å². The minimum atomic E-state index is 0.474. The fraction of sp³-hybridized carbons (Fsp3) is 0.0714. The van der Waals surface area contributed by atoms with Crippen molar-refractivity contribution in [3.63, 3.8) is 0 Å². The summed E-state index contributed by atoms with van der Waals surface area (Å²) in [6.07, 6.45) is 0. The van der Waals surface area contributed by atoms with Crippen LogP contribution >= 0.6 is 11.6 Å². The van der Waals surface area contributed by atoms with Crippen molar-refractivity contribution in [3.8, 4) is 5.69 Å². The van der Waals surface area contributed by atoms with E-state index in [1.54, 1.807) is 0 Å². The zero-order chi connectivity index (χ0) is 12.7. The van der Waals surface area contributed by atoms with Gasteiger partial charge in [0, 0.05) is 5.02 Å². The van der Waals surface area contributed by atoms with Crippen molar-refractivity contribution >= 4 is 28.6 Å². The van der Waals surface area contributed by atoms with Gasteiger partial charge in [-0.25, -0.2) is 4.98 Å². The first kappa shape index (κ1) is 11.1. The van der Waals surface area contributed by atoms with Crippen LogP contribution in [0, 0.1) is 6.92 Å². The molecule has 1 heterocycles. The molecule has 2 N–H and O–H groups in total. The highest BCUT2D eigenvalue weighted by atomic mass is 35.5. The highest BCUT2D eigenvalue weighted by Gasteiger charge is 2.12. The predicted octanol–water partition coefficient (Wildman–Crippen LogP) is 3.57. The third kappa shape index (κ3) is 1.56. The molecule has 0 aliphatic heterocycles. The van der Waals surface area contributed by atoms with Gasteiger partial charge in [-0.1, -0.05) is 29.8 Å². The maximum Gasteiger partial charge on any atom is 0.205 e. The van der Waals surface area contributed by atoms with Gasteiger partial charge in [-0.15, -0.1) is 0 Å². The number of hydrogen-bond acceptors (Lipinski definition) is 2. The maximum absolute atomic E-state index is 6.16. The molecule has 0 saturated carbocycles. The number of imidazole rings is 1. The van der Waals surface area contributed by atoms with Gasteiger partial charge in [0.25, 0.3) is 0 Å². The minimum Gasteiger partial charge on any atom is -0.369 e. The molecule has 0 saturated heterocycles. The molecule has 3 nitrogen and oxygen atoms in total. The van der Waals surface area contributed by atoms with Gasteiger partial charge in [0.05, 0.1) is 16.7 Å². The average molecular weight is 258 g/mol. The van der Waals surface area contributed by atoms with E-state index in [-0.39, 0.29) is 0 Å². The number of halogens is 1. The first-order chi connectivity index (χ1) is 8.68. The number of benzene rings is 2. The Balaban J connectivity index is 2.38. The molecule has 4 heteroatoms. The summed E-state index contributed by atoms with van der Waals surface area (Å²) in [7, 11) is 0. The van der Waals surface area contributed by atoms with Crippen LogP contribution in [0.2, 0.25) is 5.02 Å². The van der Waals surface area contributed by atoms with Crippen LogP contribution in [0.3, 0.4) is 0 Å². The van der Waals surface area contributed by atoms with E-state index < -0.39 is 0 Å². The molecule has 0 aliphatic carbocycles. The van der Waals surface area contributed by atoms with Crippen LogP contribution in [0.5, 0.6) is 0 Å². The molecule has 2 aromatic carbocycles. The number of nitrogens with two attached hydrogens (primary N) is 1. The van der Waals surface area contributed by atoms with E-state index >= 15 is 0 Å². The largest absolute Gasteiger partial charge is 0.369 e. The van der Waals surface area contributed by atoms with Crippen LogP contribution in [-0.2, 0) is 0 Å². The van der Waals surface area contributed by atoms with Gasteiger partial charge in [0.1, 0.15) is 0 Å². The molecule has 0 atom stereocenters. The molecule has 1 aromatic heterocycles. The molecular formula is C14H12ClN3. The maximum atomic E-state index is 6.16. The summed E-state index contributed by atoms with van der Waals surface area (Å²) in [6, 6.07) is 13.6. The van der Waals surface area contributed by atoms with Gasteiger partial charge in [0.15, 0.2) is 0 Å². The van der Waals surface area contributed by atoms with Gasteiger partial charge in [-0.3, -0.25) is 4.57 Å². The lowest BCUT2D eigenvalue weighted by Gasteiger charge is -2.10. The summed E-state index contributed by atoms with van der Waals surface area (Å²) >= 11 is 6.16. The molecule has 0 bridgehead atoms. The Kier molecular flexibility index (Phi) is 2.49. The topological polar surface area (TPSA) is 43.8 Å². The van der Waals surface area contributed by atoms with Gasteiger partial charge < -0.3 is 5.73 Å². The van der Waals surface area contributed by atoms with Crippen molar-refractivity contribution in [2.75, 3.05) is 5.73 Å². The van der Waals surface area contributed by atoms with Crippen molar-refractivity contribution in [2.45, 2.75) is 6.92 Å². The second kappa shape index (κ2) is 4.03. The molecule has 0 aliphatic rings. The number of hydrogen-bond donors (Lipinski definition) is 1. The number of nitrogen functional groups attached to an aromatic ring is 1. The Morgan fingerprint density at radius 2 is 1.89 bits per heavy atom. The van der Waals surface area contributed by atoms with Crippen LogP contribution in [0.4, 0.5) is 5.95 Å². The quantitative estimate of drug-likeness (QED) is 0.724. The van der Waals surface area contributed by atoms with Crippen LogP contribution in [-0.4, -0.2) is 9.55 Å². The van der Waals surface area contributed by atoms with E-state index in [9.17, 15) is 0 Å². The van der Waals surface area contributed by atoms with Gasteiger partial charge in [-0.05, 0) is 36.8 Å². The average Bonchev–Trinajstić information content (AvgIpc) is 2.69. The highest BCUT2D eigenvalue weighted by Crippen LogP contribution is 2.28. The highest BCUT2D eigenvalue weighted by molar-refractivity contribution is 6.31. The predicted molar refractivity (Wildman–Crippen MR) is 75.2 cm³/mol. The number of aromatic nitrogens is 2. The minimum absolute atomic E-state index is 0.474. The third-order valence-corrected chi connectivity index (χ3v) is 3.48. The summed E-state index contributed by atoms with van der Waals surface area (Å²) in [5, 5.41) is 0.727. The van der Waals surface area contributed by atoms with Crippen molar-refractivity contribution in [1.82, 2.24) is 9.55 Å². The lowest BCUT2D eigenvalue weighted by atomic mass is 10.2. The van der Waals surface area contributed by atoms with Crippen LogP contribution in [0.1, 0.15) is 5.56 Å². The number of fused-ring (bicyclic) bond motifs is 1. The van der Waals surface area contributed by atoms with E-state index in [1.807, 2.05) is 54.0 Å². The van der Waals surface area contributed by atoms with Gasteiger partial charge in [0.2, 0.25) is 5.95 Å². The fourth-order valence-electron chi connectivity index (χ4n) is 2.14. The molecule has 0 fully saturated rings. The van der Waals surface area contributed by atoms with Crippen molar-refractivity contribution < 1.29 is 0 Å². The zero-order valence-electron chi connectivity index (χ0n) is 9.89. The van der Waals surface area contributed by atoms with Crippen molar-refractivity contribution in [2.24, 2.45) is 0 Å². The Morgan fingerprint density at radius 3 is 2.72 bits per heavy atom. The fourth-order valence-corrected chi connectivity index (χ4v) is 2.31.